The lowest BCUT2D eigenvalue weighted by Gasteiger charge is -2.13. The summed E-state index contributed by atoms with van der Waals surface area (Å²) in [4.78, 5) is 41.9. The molecule has 1 N–H and O–H groups in total. The maximum absolute atomic E-state index is 12.4. The molecule has 0 spiro atoms. The molecule has 0 unspecified atom stereocenters. The molecule has 0 saturated carbocycles. The number of rotatable bonds is 6. The van der Waals surface area contributed by atoms with E-state index in [1.165, 1.54) is 18.2 Å². The SMILES string of the molecule is COc1ccc(NC(=O)CCCN2C(=O)c3ccc(Br)cc3C2=O)cn1. The highest BCUT2D eigenvalue weighted by Crippen LogP contribution is 2.26. The molecule has 134 valence electrons. The van der Waals surface area contributed by atoms with E-state index in [1.807, 2.05) is 0 Å². The van der Waals surface area contributed by atoms with E-state index >= 15 is 0 Å². The van der Waals surface area contributed by atoms with Gasteiger partial charge in [-0.2, -0.15) is 0 Å². The molecule has 0 aliphatic carbocycles. The van der Waals surface area contributed by atoms with Crippen molar-refractivity contribution in [1.29, 1.82) is 0 Å². The van der Waals surface area contributed by atoms with Gasteiger partial charge in [0, 0.05) is 23.5 Å². The van der Waals surface area contributed by atoms with Gasteiger partial charge in [0.05, 0.1) is 30.1 Å². The van der Waals surface area contributed by atoms with Crippen LogP contribution in [0, 0.1) is 0 Å². The molecule has 0 bridgehead atoms. The van der Waals surface area contributed by atoms with E-state index in [1.54, 1.807) is 30.3 Å². The third-order valence-corrected chi connectivity index (χ3v) is 4.44. The van der Waals surface area contributed by atoms with Gasteiger partial charge in [0.1, 0.15) is 0 Å². The second-order valence-corrected chi connectivity index (χ2v) is 6.61. The smallest absolute Gasteiger partial charge is 0.261 e. The molecule has 8 heteroatoms. The molecule has 1 aromatic heterocycles. The second kappa shape index (κ2) is 7.65. The summed E-state index contributed by atoms with van der Waals surface area (Å²) in [6.45, 7) is 0.193. The molecule has 2 heterocycles. The summed E-state index contributed by atoms with van der Waals surface area (Å²) in [5.74, 6) is -0.403. The number of benzene rings is 1. The number of pyridine rings is 1. The monoisotopic (exact) mass is 417 g/mol. The number of nitrogens with zero attached hydrogens (tertiary/aromatic N) is 2. The van der Waals surface area contributed by atoms with Crippen molar-refractivity contribution in [2.45, 2.75) is 12.8 Å². The number of nitrogens with one attached hydrogen (secondary N) is 1. The Kier molecular flexibility index (Phi) is 5.32. The van der Waals surface area contributed by atoms with Crippen LogP contribution in [0.3, 0.4) is 0 Å². The van der Waals surface area contributed by atoms with Crippen LogP contribution in [0.1, 0.15) is 33.6 Å². The minimum absolute atomic E-state index is 0.184. The molecule has 0 fully saturated rings. The number of halogens is 1. The molecule has 1 aliphatic rings. The van der Waals surface area contributed by atoms with Crippen LogP contribution in [0.5, 0.6) is 5.88 Å². The van der Waals surface area contributed by atoms with Crippen molar-refractivity contribution >= 4 is 39.3 Å². The van der Waals surface area contributed by atoms with Crippen molar-refractivity contribution < 1.29 is 19.1 Å². The van der Waals surface area contributed by atoms with Crippen molar-refractivity contribution in [3.8, 4) is 5.88 Å². The summed E-state index contributed by atoms with van der Waals surface area (Å²) in [5.41, 5.74) is 1.34. The van der Waals surface area contributed by atoms with Gasteiger partial charge in [-0.25, -0.2) is 4.98 Å². The van der Waals surface area contributed by atoms with Crippen LogP contribution in [-0.2, 0) is 4.79 Å². The zero-order chi connectivity index (χ0) is 18.7. The number of carbonyl (C=O) groups is 3. The Hall–Kier alpha value is -2.74. The fourth-order valence-corrected chi connectivity index (χ4v) is 3.02. The maximum atomic E-state index is 12.4. The van der Waals surface area contributed by atoms with Gasteiger partial charge in [0.15, 0.2) is 0 Å². The number of hydrogen-bond acceptors (Lipinski definition) is 5. The third kappa shape index (κ3) is 3.75. The summed E-state index contributed by atoms with van der Waals surface area (Å²) < 4.78 is 5.70. The van der Waals surface area contributed by atoms with Gasteiger partial charge in [0.2, 0.25) is 11.8 Å². The number of hydrogen-bond donors (Lipinski definition) is 1. The van der Waals surface area contributed by atoms with Crippen LogP contribution in [0.2, 0.25) is 0 Å². The van der Waals surface area contributed by atoms with Gasteiger partial charge in [0.25, 0.3) is 11.8 Å². The molecular weight excluding hydrogens is 402 g/mol. The number of amides is 3. The van der Waals surface area contributed by atoms with Gasteiger partial charge >= 0.3 is 0 Å². The van der Waals surface area contributed by atoms with Crippen LogP contribution >= 0.6 is 15.9 Å². The lowest BCUT2D eigenvalue weighted by atomic mass is 10.1. The van der Waals surface area contributed by atoms with E-state index in [-0.39, 0.29) is 30.7 Å². The summed E-state index contributed by atoms with van der Waals surface area (Å²) in [6.07, 6.45) is 2.06. The highest BCUT2D eigenvalue weighted by molar-refractivity contribution is 9.10. The number of imide groups is 1. The molecule has 3 amide bonds. The van der Waals surface area contributed by atoms with E-state index in [0.717, 1.165) is 4.47 Å². The summed E-state index contributed by atoms with van der Waals surface area (Å²) in [5, 5.41) is 2.71. The molecule has 1 aliphatic heterocycles. The first-order chi connectivity index (χ1) is 12.5. The van der Waals surface area contributed by atoms with Crippen LogP contribution in [0.15, 0.2) is 41.0 Å². The zero-order valence-electron chi connectivity index (χ0n) is 14.0. The quantitative estimate of drug-likeness (QED) is 0.729. The third-order valence-electron chi connectivity index (χ3n) is 3.95. The minimum Gasteiger partial charge on any atom is -0.481 e. The van der Waals surface area contributed by atoms with Crippen LogP contribution in [0.4, 0.5) is 5.69 Å². The first-order valence-corrected chi connectivity index (χ1v) is 8.74. The predicted molar refractivity (Wildman–Crippen MR) is 98.2 cm³/mol. The molecule has 0 radical (unpaired) electrons. The van der Waals surface area contributed by atoms with Gasteiger partial charge in [-0.05, 0) is 30.7 Å². The van der Waals surface area contributed by atoms with Crippen molar-refractivity contribution in [2.75, 3.05) is 19.0 Å². The van der Waals surface area contributed by atoms with E-state index in [0.29, 0.717) is 29.1 Å². The molecule has 1 aromatic carbocycles. The number of aromatic nitrogens is 1. The topological polar surface area (TPSA) is 88.6 Å². The molecule has 2 aromatic rings. The van der Waals surface area contributed by atoms with Crippen LogP contribution in [-0.4, -0.2) is 41.3 Å². The van der Waals surface area contributed by atoms with Crippen LogP contribution < -0.4 is 10.1 Å². The minimum atomic E-state index is -0.328. The molecule has 26 heavy (non-hydrogen) atoms. The lowest BCUT2D eigenvalue weighted by molar-refractivity contribution is -0.116. The largest absolute Gasteiger partial charge is 0.481 e. The lowest BCUT2D eigenvalue weighted by Crippen LogP contribution is -2.31. The average Bonchev–Trinajstić information content (AvgIpc) is 2.86. The average molecular weight is 418 g/mol. The Morgan fingerprint density at radius 1 is 1.19 bits per heavy atom. The second-order valence-electron chi connectivity index (χ2n) is 5.69. The van der Waals surface area contributed by atoms with Crippen molar-refractivity contribution in [2.24, 2.45) is 0 Å². The molecule has 0 atom stereocenters. The fraction of sp³-hybridized carbons (Fsp3) is 0.222. The first-order valence-electron chi connectivity index (χ1n) is 7.95. The van der Waals surface area contributed by atoms with Crippen LogP contribution in [0.25, 0.3) is 0 Å². The molecule has 7 nitrogen and oxygen atoms in total. The first kappa shape index (κ1) is 18.1. The Balaban J connectivity index is 1.52. The number of methoxy groups -OCH3 is 1. The number of ether oxygens (including phenoxy) is 1. The van der Waals surface area contributed by atoms with E-state index < -0.39 is 0 Å². The van der Waals surface area contributed by atoms with Gasteiger partial charge in [-0.15, -0.1) is 0 Å². The zero-order valence-corrected chi connectivity index (χ0v) is 15.6. The Morgan fingerprint density at radius 2 is 1.96 bits per heavy atom. The summed E-state index contributed by atoms with van der Waals surface area (Å²) >= 11 is 3.30. The van der Waals surface area contributed by atoms with Crippen molar-refractivity contribution in [3.63, 3.8) is 0 Å². The standard InChI is InChI=1S/C18H16BrN3O4/c1-26-16-7-5-12(10-20-16)21-15(23)3-2-8-22-17(24)13-6-4-11(19)9-14(13)18(22)25/h4-7,9-10H,2-3,8H2,1H3,(H,21,23). The highest BCUT2D eigenvalue weighted by atomic mass is 79.9. The fourth-order valence-electron chi connectivity index (χ4n) is 2.66. The molecule has 0 saturated heterocycles. The van der Waals surface area contributed by atoms with E-state index in [9.17, 15) is 14.4 Å². The Bertz CT molecular complexity index is 867. The summed E-state index contributed by atoms with van der Waals surface area (Å²) in [6, 6.07) is 8.32. The van der Waals surface area contributed by atoms with Gasteiger partial charge in [-0.1, -0.05) is 15.9 Å². The predicted octanol–water partition coefficient (Wildman–Crippen LogP) is 2.87. The van der Waals surface area contributed by atoms with E-state index in [2.05, 4.69) is 26.2 Å². The van der Waals surface area contributed by atoms with Crippen molar-refractivity contribution in [3.05, 3.63) is 52.1 Å². The van der Waals surface area contributed by atoms with Gasteiger partial charge in [-0.3, -0.25) is 19.3 Å². The molecule has 3 rings (SSSR count). The van der Waals surface area contributed by atoms with Crippen molar-refractivity contribution in [1.82, 2.24) is 9.88 Å². The summed E-state index contributed by atoms with van der Waals surface area (Å²) in [7, 11) is 1.51. The number of carbonyl (C=O) groups excluding carboxylic acids is 3. The number of anilines is 1. The van der Waals surface area contributed by atoms with E-state index in [4.69, 9.17) is 4.74 Å². The Morgan fingerprint density at radius 3 is 2.65 bits per heavy atom. The number of fused-ring (bicyclic) bond motifs is 1. The normalized spacial score (nSPS) is 12.9. The highest BCUT2D eigenvalue weighted by Gasteiger charge is 2.35. The Labute approximate surface area is 158 Å². The maximum Gasteiger partial charge on any atom is 0.261 e. The van der Waals surface area contributed by atoms with Gasteiger partial charge < -0.3 is 10.1 Å². The molecular formula is C18H16BrN3O4.